The molecule has 3 aliphatic carbocycles. The van der Waals surface area contributed by atoms with E-state index >= 15 is 0 Å². The van der Waals surface area contributed by atoms with Gasteiger partial charge in [-0.1, -0.05) is 38.5 Å². The molecule has 3 heteroatoms. The Bertz CT molecular complexity index is 913. The second kappa shape index (κ2) is 7.19. The van der Waals surface area contributed by atoms with Crippen LogP contribution in [-0.4, -0.2) is 23.7 Å². The van der Waals surface area contributed by atoms with Gasteiger partial charge in [-0.15, -0.1) is 0 Å². The van der Waals surface area contributed by atoms with E-state index < -0.39 is 5.97 Å². The molecule has 0 spiro atoms. The summed E-state index contributed by atoms with van der Waals surface area (Å²) in [6, 6.07) is 7.64. The van der Waals surface area contributed by atoms with Gasteiger partial charge in [0.05, 0.1) is 11.6 Å². The Morgan fingerprint density at radius 3 is 2.41 bits per heavy atom. The average Bonchev–Trinajstić information content (AvgIpc) is 3.48. The van der Waals surface area contributed by atoms with Crippen LogP contribution in [0.1, 0.15) is 64.2 Å². The van der Waals surface area contributed by atoms with Crippen LogP contribution >= 0.6 is 0 Å². The largest absolute Gasteiger partial charge is 0.478 e. The Morgan fingerprint density at radius 2 is 1.83 bits per heavy atom. The second-order valence-corrected chi connectivity index (χ2v) is 9.95. The van der Waals surface area contributed by atoms with Crippen LogP contribution in [0.3, 0.4) is 0 Å². The van der Waals surface area contributed by atoms with E-state index in [1.165, 1.54) is 41.6 Å². The first-order valence-corrected chi connectivity index (χ1v) is 10.9. The third kappa shape index (κ3) is 3.80. The summed E-state index contributed by atoms with van der Waals surface area (Å²) in [5.74, 6) is 0.492. The average molecular weight is 392 g/mol. The van der Waals surface area contributed by atoms with Gasteiger partial charge in [-0.25, -0.2) is 4.79 Å². The minimum Gasteiger partial charge on any atom is -0.478 e. The number of rotatable bonds is 5. The highest BCUT2D eigenvalue weighted by molar-refractivity contribution is 5.88. The Labute approximate surface area is 174 Å². The summed E-state index contributed by atoms with van der Waals surface area (Å²) in [6.45, 7) is 12.7. The van der Waals surface area contributed by atoms with Crippen molar-refractivity contribution < 1.29 is 9.90 Å². The molecule has 0 amide bonds. The number of aromatic carboxylic acids is 1. The van der Waals surface area contributed by atoms with Crippen molar-refractivity contribution in [2.45, 2.75) is 59.9 Å². The van der Waals surface area contributed by atoms with E-state index in [4.69, 9.17) is 0 Å². The molecule has 1 saturated carbocycles. The number of hydrogen-bond donors (Lipinski definition) is 1. The molecule has 3 nitrogen and oxygen atoms in total. The van der Waals surface area contributed by atoms with Crippen molar-refractivity contribution in [3.63, 3.8) is 0 Å². The molecule has 1 fully saturated rings. The van der Waals surface area contributed by atoms with Gasteiger partial charge >= 0.3 is 5.97 Å². The van der Waals surface area contributed by atoms with E-state index in [2.05, 4.69) is 51.7 Å². The molecular formula is C26H33NO2. The number of hydrogen-bond acceptors (Lipinski definition) is 2. The Kier molecular flexibility index (Phi) is 4.96. The first-order chi connectivity index (χ1) is 13.7. The summed E-state index contributed by atoms with van der Waals surface area (Å²) in [7, 11) is 0. The van der Waals surface area contributed by atoms with Crippen LogP contribution in [0.15, 0.2) is 58.7 Å². The van der Waals surface area contributed by atoms with E-state index in [1.54, 1.807) is 12.1 Å². The Balaban J connectivity index is 1.75. The van der Waals surface area contributed by atoms with Crippen molar-refractivity contribution in [3.05, 3.63) is 64.3 Å². The summed E-state index contributed by atoms with van der Waals surface area (Å²) in [5, 5.41) is 9.26. The predicted octanol–water partition coefficient (Wildman–Crippen LogP) is 6.24. The first-order valence-electron chi connectivity index (χ1n) is 10.9. The van der Waals surface area contributed by atoms with Crippen LogP contribution in [0.25, 0.3) is 0 Å². The normalized spacial score (nSPS) is 25.8. The molecular weight excluding hydrogens is 358 g/mol. The van der Waals surface area contributed by atoms with Gasteiger partial charge in [0.15, 0.2) is 0 Å². The van der Waals surface area contributed by atoms with Gasteiger partial charge in [0.1, 0.15) is 0 Å². The molecule has 4 rings (SSSR count). The van der Waals surface area contributed by atoms with Gasteiger partial charge in [0.2, 0.25) is 0 Å². The summed E-state index contributed by atoms with van der Waals surface area (Å²) in [4.78, 5) is 13.8. The van der Waals surface area contributed by atoms with Crippen molar-refractivity contribution in [1.29, 1.82) is 0 Å². The highest BCUT2D eigenvalue weighted by Gasteiger charge is 2.38. The van der Waals surface area contributed by atoms with Crippen LogP contribution in [0.5, 0.6) is 0 Å². The molecule has 0 saturated heterocycles. The molecule has 0 radical (unpaired) electrons. The third-order valence-electron chi connectivity index (χ3n) is 7.10. The second-order valence-electron chi connectivity index (χ2n) is 9.95. The maximum absolute atomic E-state index is 11.3. The molecule has 0 bridgehead atoms. The first kappa shape index (κ1) is 20.0. The fourth-order valence-electron chi connectivity index (χ4n) is 5.07. The molecule has 29 heavy (non-hydrogen) atoms. The van der Waals surface area contributed by atoms with E-state index in [-0.39, 0.29) is 11.5 Å². The molecule has 1 aromatic rings. The van der Waals surface area contributed by atoms with Gasteiger partial charge in [0, 0.05) is 12.2 Å². The summed E-state index contributed by atoms with van der Waals surface area (Å²) in [5.41, 5.74) is 7.42. The standard InChI is InChI=1S/C26H33NO2/c1-16-12-22-18(3)17(2)14-26(4,5)23(22)13-24(16)27(15-19-6-7-19)21-10-8-20(9-11-21)25(28)29/h8-13,17,19,24H,6-7,14-15H2,1-5H3,(H,28,29). The highest BCUT2D eigenvalue weighted by atomic mass is 16.4. The van der Waals surface area contributed by atoms with Gasteiger partial charge in [-0.05, 0) is 91.3 Å². The SMILES string of the molecule is CC1=CC2=C(C)C(C)CC(C)(C)C2=CC1N(CC1CC1)c1ccc(C(=O)O)cc1. The maximum Gasteiger partial charge on any atom is 0.335 e. The summed E-state index contributed by atoms with van der Waals surface area (Å²) < 4.78 is 0. The third-order valence-corrected chi connectivity index (χ3v) is 7.10. The monoisotopic (exact) mass is 391 g/mol. The molecule has 154 valence electrons. The van der Waals surface area contributed by atoms with Gasteiger partial charge < -0.3 is 10.0 Å². The molecule has 3 aliphatic rings. The minimum absolute atomic E-state index is 0.169. The molecule has 1 N–H and O–H groups in total. The van der Waals surface area contributed by atoms with Crippen molar-refractivity contribution in [1.82, 2.24) is 0 Å². The molecule has 2 unspecified atom stereocenters. The predicted molar refractivity (Wildman–Crippen MR) is 119 cm³/mol. The van der Waals surface area contributed by atoms with E-state index in [1.807, 2.05) is 12.1 Å². The van der Waals surface area contributed by atoms with Crippen LogP contribution in [-0.2, 0) is 0 Å². The van der Waals surface area contributed by atoms with E-state index in [9.17, 15) is 9.90 Å². The van der Waals surface area contributed by atoms with E-state index in [0.29, 0.717) is 11.5 Å². The Morgan fingerprint density at radius 1 is 1.17 bits per heavy atom. The van der Waals surface area contributed by atoms with Gasteiger partial charge in [-0.3, -0.25) is 0 Å². The molecule has 0 heterocycles. The lowest BCUT2D eigenvalue weighted by Gasteiger charge is -2.43. The van der Waals surface area contributed by atoms with Gasteiger partial charge in [-0.2, -0.15) is 0 Å². The van der Waals surface area contributed by atoms with Crippen molar-refractivity contribution in [3.8, 4) is 0 Å². The quantitative estimate of drug-likeness (QED) is 0.646. The fourth-order valence-corrected chi connectivity index (χ4v) is 5.07. The molecule has 1 aromatic carbocycles. The zero-order valence-corrected chi connectivity index (χ0v) is 18.3. The highest BCUT2D eigenvalue weighted by Crippen LogP contribution is 2.49. The van der Waals surface area contributed by atoms with E-state index in [0.717, 1.165) is 18.2 Å². The van der Waals surface area contributed by atoms with Gasteiger partial charge in [0.25, 0.3) is 0 Å². The van der Waals surface area contributed by atoms with Crippen LogP contribution in [0.2, 0.25) is 0 Å². The lowest BCUT2D eigenvalue weighted by atomic mass is 9.64. The number of benzene rings is 1. The van der Waals surface area contributed by atoms with Crippen LogP contribution in [0, 0.1) is 17.3 Å². The lowest BCUT2D eigenvalue weighted by molar-refractivity contribution is 0.0697. The number of nitrogens with zero attached hydrogens (tertiary/aromatic N) is 1. The smallest absolute Gasteiger partial charge is 0.335 e. The van der Waals surface area contributed by atoms with Crippen LogP contribution in [0.4, 0.5) is 5.69 Å². The molecule has 2 atom stereocenters. The number of carbonyl (C=O) groups is 1. The number of anilines is 1. The Hall–Kier alpha value is -2.29. The zero-order chi connectivity index (χ0) is 20.9. The topological polar surface area (TPSA) is 40.5 Å². The lowest BCUT2D eigenvalue weighted by Crippen LogP contribution is -2.40. The fraction of sp³-hybridized carbons (Fsp3) is 0.500. The number of allylic oxidation sites excluding steroid dienone is 4. The molecule has 0 aromatic heterocycles. The van der Waals surface area contributed by atoms with Crippen molar-refractivity contribution >= 4 is 11.7 Å². The molecule has 0 aliphatic heterocycles. The van der Waals surface area contributed by atoms with Crippen molar-refractivity contribution in [2.75, 3.05) is 11.4 Å². The number of carboxylic acid groups (broad SMARTS) is 1. The van der Waals surface area contributed by atoms with Crippen molar-refractivity contribution in [2.24, 2.45) is 17.3 Å². The minimum atomic E-state index is -0.871. The van der Waals surface area contributed by atoms with Crippen LogP contribution < -0.4 is 4.90 Å². The number of fused-ring (bicyclic) bond motifs is 1. The summed E-state index contributed by atoms with van der Waals surface area (Å²) >= 11 is 0. The zero-order valence-electron chi connectivity index (χ0n) is 18.3. The maximum atomic E-state index is 11.3. The summed E-state index contributed by atoms with van der Waals surface area (Å²) in [6.07, 6.45) is 8.68. The number of carboxylic acids is 1.